The molecule has 0 aliphatic heterocycles. The molecule has 0 bridgehead atoms. The summed E-state index contributed by atoms with van der Waals surface area (Å²) < 4.78 is 37.6. The van der Waals surface area contributed by atoms with Gasteiger partial charge in [-0.25, -0.2) is 0 Å². The minimum Gasteiger partial charge on any atom is -0.480 e. The van der Waals surface area contributed by atoms with Crippen LogP contribution in [0.25, 0.3) is 0 Å². The first-order chi connectivity index (χ1) is 8.68. The molecule has 0 heterocycles. The number of halogens is 3. The lowest BCUT2D eigenvalue weighted by atomic mass is 9.79. The highest BCUT2D eigenvalue weighted by atomic mass is 19.4. The number of hydrogen-bond acceptors (Lipinski definition) is 3. The van der Waals surface area contributed by atoms with Crippen molar-refractivity contribution in [3.8, 4) is 0 Å². The van der Waals surface area contributed by atoms with Gasteiger partial charge in [0.25, 0.3) is 0 Å². The van der Waals surface area contributed by atoms with Gasteiger partial charge in [0.2, 0.25) is 0 Å². The molecule has 4 nitrogen and oxygen atoms in total. The lowest BCUT2D eigenvalue weighted by molar-refractivity contribution is -0.156. The number of aliphatic carboxylic acids is 1. The fourth-order valence-corrected chi connectivity index (χ4v) is 2.69. The first kappa shape index (κ1) is 16.2. The number of hydrogen-bond donors (Lipinski definition) is 2. The van der Waals surface area contributed by atoms with E-state index in [0.29, 0.717) is 32.2 Å². The van der Waals surface area contributed by atoms with E-state index in [1.54, 1.807) is 6.92 Å². The third kappa shape index (κ3) is 4.65. The van der Waals surface area contributed by atoms with Gasteiger partial charge < -0.3 is 10.8 Å². The zero-order chi connectivity index (χ0) is 14.7. The average Bonchev–Trinajstić information content (AvgIpc) is 2.26. The Morgan fingerprint density at radius 1 is 1.53 bits per heavy atom. The van der Waals surface area contributed by atoms with Crippen LogP contribution >= 0.6 is 0 Å². The Labute approximate surface area is 110 Å². The zero-order valence-electron chi connectivity index (χ0n) is 11.0. The third-order valence-corrected chi connectivity index (χ3v) is 3.60. The van der Waals surface area contributed by atoms with Gasteiger partial charge in [0.15, 0.2) is 0 Å². The summed E-state index contributed by atoms with van der Waals surface area (Å²) >= 11 is 0. The van der Waals surface area contributed by atoms with E-state index >= 15 is 0 Å². The molecule has 0 saturated heterocycles. The number of nitrogens with two attached hydrogens (primary N) is 1. The number of carboxylic acids is 1. The van der Waals surface area contributed by atoms with Gasteiger partial charge in [0.1, 0.15) is 5.54 Å². The summed E-state index contributed by atoms with van der Waals surface area (Å²) in [6.07, 6.45) is -2.15. The Bertz CT molecular complexity index is 323. The summed E-state index contributed by atoms with van der Waals surface area (Å²) in [6, 6.07) is -0.406. The van der Waals surface area contributed by atoms with Crippen molar-refractivity contribution in [3.05, 3.63) is 0 Å². The van der Waals surface area contributed by atoms with Crippen LogP contribution in [-0.2, 0) is 4.79 Å². The van der Waals surface area contributed by atoms with Crippen LogP contribution in [0.2, 0.25) is 0 Å². The molecule has 0 radical (unpaired) electrons. The Hall–Kier alpha value is -0.820. The molecule has 0 aromatic carbocycles. The molecule has 1 fully saturated rings. The summed E-state index contributed by atoms with van der Waals surface area (Å²) in [5.74, 6) is -1.12. The Balaban J connectivity index is 2.76. The maximum absolute atomic E-state index is 12.5. The van der Waals surface area contributed by atoms with Gasteiger partial charge in [-0.15, -0.1) is 0 Å². The summed E-state index contributed by atoms with van der Waals surface area (Å²) in [6.45, 7) is 1.11. The van der Waals surface area contributed by atoms with Crippen molar-refractivity contribution in [2.45, 2.75) is 56.8 Å². The number of nitrogens with zero attached hydrogens (tertiary/aromatic N) is 1. The van der Waals surface area contributed by atoms with E-state index in [1.807, 2.05) is 0 Å². The summed E-state index contributed by atoms with van der Waals surface area (Å²) in [5.41, 5.74) is 4.39. The normalized spacial score (nSPS) is 28.6. The van der Waals surface area contributed by atoms with Crippen molar-refractivity contribution in [3.63, 3.8) is 0 Å². The lowest BCUT2D eigenvalue weighted by Crippen LogP contribution is -2.56. The molecule has 19 heavy (non-hydrogen) atoms. The van der Waals surface area contributed by atoms with Crippen molar-refractivity contribution < 1.29 is 23.1 Å². The van der Waals surface area contributed by atoms with Gasteiger partial charge in [-0.05, 0) is 38.6 Å². The predicted octanol–water partition coefficient (Wildman–Crippen LogP) is 1.99. The molecule has 3 N–H and O–H groups in total. The molecular weight excluding hydrogens is 261 g/mol. The van der Waals surface area contributed by atoms with Gasteiger partial charge in [-0.1, -0.05) is 6.92 Å². The van der Waals surface area contributed by atoms with Gasteiger partial charge >= 0.3 is 12.1 Å². The predicted molar refractivity (Wildman–Crippen MR) is 64.7 cm³/mol. The highest BCUT2D eigenvalue weighted by Crippen LogP contribution is 2.31. The fourth-order valence-electron chi connectivity index (χ4n) is 2.69. The molecule has 1 aliphatic rings. The minimum atomic E-state index is -4.27. The van der Waals surface area contributed by atoms with E-state index in [2.05, 4.69) is 0 Å². The van der Waals surface area contributed by atoms with E-state index in [4.69, 9.17) is 10.8 Å². The summed E-state index contributed by atoms with van der Waals surface area (Å²) in [5, 5.41) is 9.09. The van der Waals surface area contributed by atoms with Gasteiger partial charge in [-0.2, -0.15) is 13.2 Å². The van der Waals surface area contributed by atoms with E-state index in [1.165, 1.54) is 4.90 Å². The molecule has 0 aromatic rings. The monoisotopic (exact) mass is 282 g/mol. The fraction of sp³-hybridized carbons (Fsp3) is 0.917. The maximum atomic E-state index is 12.5. The number of carboxylic acid groups (broad SMARTS) is 1. The lowest BCUT2D eigenvalue weighted by Gasteiger charge is -2.40. The van der Waals surface area contributed by atoms with Crippen LogP contribution in [0, 0.1) is 0 Å². The Kier molecular flexibility index (Phi) is 5.20. The molecule has 112 valence electrons. The molecule has 0 amide bonds. The second-order valence-electron chi connectivity index (χ2n) is 5.30. The van der Waals surface area contributed by atoms with Crippen LogP contribution < -0.4 is 5.73 Å². The topological polar surface area (TPSA) is 66.6 Å². The SMILES string of the molecule is CCCN(CC(F)(F)F)C1CCCC(N)(C(=O)O)C1. The largest absolute Gasteiger partial charge is 0.480 e. The number of carbonyl (C=O) groups is 1. The summed E-state index contributed by atoms with van der Waals surface area (Å²) in [7, 11) is 0. The van der Waals surface area contributed by atoms with Gasteiger partial charge in [0, 0.05) is 6.04 Å². The molecule has 0 spiro atoms. The molecule has 0 aromatic heterocycles. The number of alkyl halides is 3. The highest BCUT2D eigenvalue weighted by molar-refractivity contribution is 5.78. The molecular formula is C12H21F3N2O2. The van der Waals surface area contributed by atoms with Crippen molar-refractivity contribution in [1.82, 2.24) is 4.90 Å². The van der Waals surface area contributed by atoms with Crippen molar-refractivity contribution in [2.24, 2.45) is 5.73 Å². The Morgan fingerprint density at radius 2 is 2.16 bits per heavy atom. The van der Waals surface area contributed by atoms with Crippen molar-refractivity contribution in [1.29, 1.82) is 0 Å². The van der Waals surface area contributed by atoms with Crippen LogP contribution in [0.3, 0.4) is 0 Å². The van der Waals surface area contributed by atoms with Crippen molar-refractivity contribution in [2.75, 3.05) is 13.1 Å². The number of rotatable bonds is 5. The maximum Gasteiger partial charge on any atom is 0.401 e. The molecule has 2 atom stereocenters. The van der Waals surface area contributed by atoms with E-state index in [-0.39, 0.29) is 6.42 Å². The second kappa shape index (κ2) is 6.09. The highest BCUT2D eigenvalue weighted by Gasteiger charge is 2.43. The van der Waals surface area contributed by atoms with E-state index in [0.717, 1.165) is 0 Å². The summed E-state index contributed by atoms with van der Waals surface area (Å²) in [4.78, 5) is 12.4. The van der Waals surface area contributed by atoms with Crippen molar-refractivity contribution >= 4 is 5.97 Å². The van der Waals surface area contributed by atoms with E-state index < -0.39 is 30.3 Å². The third-order valence-electron chi connectivity index (χ3n) is 3.60. The zero-order valence-corrected chi connectivity index (χ0v) is 11.0. The first-order valence-corrected chi connectivity index (χ1v) is 6.51. The molecule has 2 unspecified atom stereocenters. The van der Waals surface area contributed by atoms with Gasteiger partial charge in [-0.3, -0.25) is 9.69 Å². The van der Waals surface area contributed by atoms with Crippen LogP contribution in [0.5, 0.6) is 0 Å². The molecule has 1 saturated carbocycles. The van der Waals surface area contributed by atoms with Crippen LogP contribution in [0.15, 0.2) is 0 Å². The smallest absolute Gasteiger partial charge is 0.401 e. The second-order valence-corrected chi connectivity index (χ2v) is 5.30. The van der Waals surface area contributed by atoms with Crippen LogP contribution in [0.4, 0.5) is 13.2 Å². The quantitative estimate of drug-likeness (QED) is 0.809. The molecule has 7 heteroatoms. The Morgan fingerprint density at radius 3 is 2.63 bits per heavy atom. The first-order valence-electron chi connectivity index (χ1n) is 6.51. The van der Waals surface area contributed by atoms with E-state index in [9.17, 15) is 18.0 Å². The molecule has 1 rings (SSSR count). The minimum absolute atomic E-state index is 0.0818. The average molecular weight is 282 g/mol. The van der Waals surface area contributed by atoms with Crippen LogP contribution in [-0.4, -0.2) is 46.8 Å². The molecule has 1 aliphatic carbocycles. The van der Waals surface area contributed by atoms with Crippen LogP contribution in [0.1, 0.15) is 39.0 Å². The standard InChI is InChI=1S/C12H21F3N2O2/c1-2-6-17(8-12(13,14)15)9-4-3-5-11(16,7-9)10(18)19/h9H,2-8,16H2,1H3,(H,18,19). The van der Waals surface area contributed by atoms with Gasteiger partial charge in [0.05, 0.1) is 6.54 Å².